The molecule has 0 bridgehead atoms. The molecule has 1 atom stereocenters. The number of hydrogen-bond donors (Lipinski definition) is 2. The number of rotatable bonds is 0. The van der Waals surface area contributed by atoms with Crippen LogP contribution < -0.4 is 5.73 Å². The van der Waals surface area contributed by atoms with E-state index in [1.54, 1.807) is 6.07 Å². The number of fused-ring (bicyclic) bond motifs is 3. The minimum Gasteiger partial charge on any atom is -0.506 e. The fraction of sp³-hybridized carbons (Fsp3) is 0.273. The van der Waals surface area contributed by atoms with E-state index in [9.17, 15) is 5.11 Å². The maximum Gasteiger partial charge on any atom is 0.139 e. The highest BCUT2D eigenvalue weighted by Gasteiger charge is 2.21. The molecule has 1 aromatic carbocycles. The molecule has 1 aliphatic heterocycles. The molecule has 0 saturated carbocycles. The lowest BCUT2D eigenvalue weighted by Crippen LogP contribution is -2.20. The van der Waals surface area contributed by atoms with Gasteiger partial charge in [-0.1, -0.05) is 12.1 Å². The number of nitrogens with zero attached hydrogens (tertiary/aromatic N) is 1. The highest BCUT2D eigenvalue weighted by molar-refractivity contribution is 5.87. The summed E-state index contributed by atoms with van der Waals surface area (Å²) in [4.78, 5) is 0. The second-order valence-corrected chi connectivity index (χ2v) is 3.93. The topological polar surface area (TPSA) is 51.2 Å². The van der Waals surface area contributed by atoms with Gasteiger partial charge in [-0.05, 0) is 12.1 Å². The molecule has 14 heavy (non-hydrogen) atoms. The third kappa shape index (κ3) is 0.902. The smallest absolute Gasteiger partial charge is 0.139 e. The van der Waals surface area contributed by atoms with Crippen molar-refractivity contribution in [2.75, 3.05) is 0 Å². The van der Waals surface area contributed by atoms with Crippen LogP contribution in [0.2, 0.25) is 0 Å². The summed E-state index contributed by atoms with van der Waals surface area (Å²) in [5.41, 5.74) is 8.02. The van der Waals surface area contributed by atoms with Crippen LogP contribution in [0.25, 0.3) is 10.9 Å². The van der Waals surface area contributed by atoms with Crippen LogP contribution in [-0.2, 0) is 13.0 Å². The lowest BCUT2D eigenvalue weighted by molar-refractivity contribution is 0.477. The molecule has 1 unspecified atom stereocenters. The molecular weight excluding hydrogens is 176 g/mol. The predicted octanol–water partition coefficient (Wildman–Crippen LogP) is 1.23. The molecule has 3 N–H and O–H groups in total. The third-order valence-electron chi connectivity index (χ3n) is 2.87. The molecular formula is C11H12N2O. The van der Waals surface area contributed by atoms with Gasteiger partial charge in [-0.2, -0.15) is 0 Å². The van der Waals surface area contributed by atoms with E-state index < -0.39 is 0 Å². The Kier molecular flexibility index (Phi) is 1.42. The zero-order valence-electron chi connectivity index (χ0n) is 7.77. The van der Waals surface area contributed by atoms with Crippen LogP contribution in [0.3, 0.4) is 0 Å². The SMILES string of the molecule is NC1Cc2cc3cccc(O)c3n2C1. The minimum atomic E-state index is 0.203. The molecule has 72 valence electrons. The van der Waals surface area contributed by atoms with E-state index in [1.165, 1.54) is 5.69 Å². The van der Waals surface area contributed by atoms with Crippen LogP contribution in [0, 0.1) is 0 Å². The summed E-state index contributed by atoms with van der Waals surface area (Å²) in [6.07, 6.45) is 0.911. The van der Waals surface area contributed by atoms with Crippen LogP contribution in [0.5, 0.6) is 5.75 Å². The van der Waals surface area contributed by atoms with Gasteiger partial charge in [0.25, 0.3) is 0 Å². The highest BCUT2D eigenvalue weighted by atomic mass is 16.3. The van der Waals surface area contributed by atoms with E-state index in [0.29, 0.717) is 5.75 Å². The van der Waals surface area contributed by atoms with Crippen molar-refractivity contribution in [1.29, 1.82) is 0 Å². The molecule has 2 heterocycles. The van der Waals surface area contributed by atoms with Gasteiger partial charge in [0.05, 0.1) is 5.52 Å². The lowest BCUT2D eigenvalue weighted by Gasteiger charge is -2.04. The van der Waals surface area contributed by atoms with E-state index in [0.717, 1.165) is 23.9 Å². The number of benzene rings is 1. The Morgan fingerprint density at radius 1 is 1.43 bits per heavy atom. The first-order valence-corrected chi connectivity index (χ1v) is 4.81. The number of para-hydroxylation sites is 1. The highest BCUT2D eigenvalue weighted by Crippen LogP contribution is 2.31. The van der Waals surface area contributed by atoms with Crippen molar-refractivity contribution in [1.82, 2.24) is 4.57 Å². The fourth-order valence-corrected chi connectivity index (χ4v) is 2.31. The third-order valence-corrected chi connectivity index (χ3v) is 2.87. The Balaban J connectivity index is 2.35. The average molecular weight is 188 g/mol. The summed E-state index contributed by atoms with van der Waals surface area (Å²) < 4.78 is 2.12. The monoisotopic (exact) mass is 188 g/mol. The summed E-state index contributed by atoms with van der Waals surface area (Å²) in [5, 5.41) is 10.9. The molecule has 0 radical (unpaired) electrons. The largest absolute Gasteiger partial charge is 0.506 e. The minimum absolute atomic E-state index is 0.203. The quantitative estimate of drug-likeness (QED) is 0.653. The summed E-state index contributed by atoms with van der Waals surface area (Å²) in [7, 11) is 0. The van der Waals surface area contributed by atoms with Gasteiger partial charge in [0.15, 0.2) is 0 Å². The first-order valence-electron chi connectivity index (χ1n) is 4.81. The van der Waals surface area contributed by atoms with Crippen LogP contribution in [0.4, 0.5) is 0 Å². The molecule has 3 heteroatoms. The van der Waals surface area contributed by atoms with Gasteiger partial charge in [0.1, 0.15) is 5.75 Å². The zero-order valence-corrected chi connectivity index (χ0v) is 7.77. The van der Waals surface area contributed by atoms with Crippen molar-refractivity contribution in [3.8, 4) is 5.75 Å². The van der Waals surface area contributed by atoms with Crippen LogP contribution in [-0.4, -0.2) is 15.7 Å². The second-order valence-electron chi connectivity index (χ2n) is 3.93. The Hall–Kier alpha value is -1.48. The van der Waals surface area contributed by atoms with Gasteiger partial charge < -0.3 is 15.4 Å². The first kappa shape index (κ1) is 7.88. The molecule has 0 aliphatic carbocycles. The lowest BCUT2D eigenvalue weighted by atomic mass is 10.2. The summed E-state index contributed by atoms with van der Waals surface area (Å²) in [5.74, 6) is 0.350. The maximum absolute atomic E-state index is 9.75. The van der Waals surface area contributed by atoms with Crippen LogP contribution in [0.1, 0.15) is 5.69 Å². The van der Waals surface area contributed by atoms with Gasteiger partial charge in [0, 0.05) is 30.1 Å². The van der Waals surface area contributed by atoms with Gasteiger partial charge in [0.2, 0.25) is 0 Å². The molecule has 0 amide bonds. The summed E-state index contributed by atoms with van der Waals surface area (Å²) in [6, 6.07) is 7.93. The molecule has 0 saturated heterocycles. The van der Waals surface area contributed by atoms with Crippen LogP contribution >= 0.6 is 0 Å². The number of hydrogen-bond acceptors (Lipinski definition) is 2. The first-order chi connectivity index (χ1) is 6.75. The number of phenolic OH excluding ortho intramolecular Hbond substituents is 1. The van der Waals surface area contributed by atoms with Crippen LogP contribution in [0.15, 0.2) is 24.3 Å². The molecule has 0 fully saturated rings. The van der Waals surface area contributed by atoms with Gasteiger partial charge >= 0.3 is 0 Å². The Morgan fingerprint density at radius 3 is 3.14 bits per heavy atom. The van der Waals surface area contributed by atoms with E-state index in [1.807, 2.05) is 12.1 Å². The van der Waals surface area contributed by atoms with Crippen molar-refractivity contribution in [2.45, 2.75) is 19.0 Å². The number of phenols is 1. The Labute approximate surface area is 81.8 Å². The number of aromatic nitrogens is 1. The summed E-state index contributed by atoms with van der Waals surface area (Å²) >= 11 is 0. The molecule has 3 rings (SSSR count). The molecule has 1 aliphatic rings. The van der Waals surface area contributed by atoms with E-state index in [2.05, 4.69) is 10.6 Å². The molecule has 1 aromatic heterocycles. The maximum atomic E-state index is 9.75. The average Bonchev–Trinajstić information content (AvgIpc) is 2.60. The number of aromatic hydroxyl groups is 1. The van der Waals surface area contributed by atoms with Gasteiger partial charge in [-0.15, -0.1) is 0 Å². The van der Waals surface area contributed by atoms with Crippen molar-refractivity contribution in [2.24, 2.45) is 5.73 Å². The van der Waals surface area contributed by atoms with E-state index in [4.69, 9.17) is 5.73 Å². The fourth-order valence-electron chi connectivity index (χ4n) is 2.31. The molecule has 3 nitrogen and oxygen atoms in total. The predicted molar refractivity (Wildman–Crippen MR) is 55.3 cm³/mol. The molecule has 2 aromatic rings. The van der Waals surface area contributed by atoms with E-state index in [-0.39, 0.29) is 6.04 Å². The summed E-state index contributed by atoms with van der Waals surface area (Å²) in [6.45, 7) is 0.816. The van der Waals surface area contributed by atoms with Gasteiger partial charge in [-0.25, -0.2) is 0 Å². The van der Waals surface area contributed by atoms with Gasteiger partial charge in [-0.3, -0.25) is 0 Å². The standard InChI is InChI=1S/C11H12N2O/c12-8-5-9-4-7-2-1-3-10(14)11(7)13(9)6-8/h1-4,8,14H,5-6,12H2. The Bertz CT molecular complexity index is 501. The van der Waals surface area contributed by atoms with E-state index >= 15 is 0 Å². The normalized spacial score (nSPS) is 20.2. The van der Waals surface area contributed by atoms with Crippen molar-refractivity contribution in [3.05, 3.63) is 30.0 Å². The van der Waals surface area contributed by atoms with Crippen molar-refractivity contribution < 1.29 is 5.11 Å². The number of nitrogens with two attached hydrogens (primary N) is 1. The zero-order chi connectivity index (χ0) is 9.71. The second kappa shape index (κ2) is 2.51. The molecule has 0 spiro atoms. The van der Waals surface area contributed by atoms with Crippen molar-refractivity contribution in [3.63, 3.8) is 0 Å². The van der Waals surface area contributed by atoms with Crippen molar-refractivity contribution >= 4 is 10.9 Å². The Morgan fingerprint density at radius 2 is 2.29 bits per heavy atom.